The van der Waals surface area contributed by atoms with Gasteiger partial charge in [0, 0.05) is 11.0 Å². The van der Waals surface area contributed by atoms with Crippen LogP contribution in [-0.2, 0) is 14.8 Å². The van der Waals surface area contributed by atoms with Gasteiger partial charge in [0.1, 0.15) is 6.54 Å². The first-order valence-electron chi connectivity index (χ1n) is 4.85. The van der Waals surface area contributed by atoms with Crippen molar-refractivity contribution in [1.82, 2.24) is 4.31 Å². The molecule has 0 aromatic heterocycles. The number of nitrogens with zero attached hydrogens (tertiary/aromatic N) is 1. The predicted octanol–water partition coefficient (Wildman–Crippen LogP) is 1.54. The van der Waals surface area contributed by atoms with E-state index in [1.165, 1.54) is 12.1 Å². The van der Waals surface area contributed by atoms with Crippen LogP contribution in [0.3, 0.4) is 0 Å². The van der Waals surface area contributed by atoms with E-state index in [0.717, 1.165) is 4.31 Å². The van der Waals surface area contributed by atoms with Crippen LogP contribution in [0.2, 0.25) is 0 Å². The fourth-order valence-electron chi connectivity index (χ4n) is 1.29. The van der Waals surface area contributed by atoms with Crippen LogP contribution in [0.25, 0.3) is 0 Å². The second-order valence-electron chi connectivity index (χ2n) is 3.28. The molecule has 0 bridgehead atoms. The number of halogens is 1. The highest BCUT2D eigenvalue weighted by molar-refractivity contribution is 9.10. The first-order chi connectivity index (χ1) is 7.87. The standard InChI is InChI=1S/C10H12BrNO4S/c1-2-12(7-10(13)14)17(15,16)9-5-3-4-8(11)6-9/h3-6H,2,7H2,1H3,(H,13,14). The molecule has 0 aliphatic rings. The number of carboxylic acid groups (broad SMARTS) is 1. The smallest absolute Gasteiger partial charge is 0.318 e. The Morgan fingerprint density at radius 3 is 2.59 bits per heavy atom. The van der Waals surface area contributed by atoms with Crippen molar-refractivity contribution in [3.63, 3.8) is 0 Å². The third-order valence-corrected chi connectivity index (χ3v) is 4.51. The van der Waals surface area contributed by atoms with E-state index in [4.69, 9.17) is 5.11 Å². The molecular formula is C10H12BrNO4S. The van der Waals surface area contributed by atoms with Gasteiger partial charge in [0.05, 0.1) is 4.90 Å². The largest absolute Gasteiger partial charge is 0.480 e. The summed E-state index contributed by atoms with van der Waals surface area (Å²) in [5.41, 5.74) is 0. The summed E-state index contributed by atoms with van der Waals surface area (Å²) in [7, 11) is -3.75. The molecule has 0 saturated carbocycles. The van der Waals surface area contributed by atoms with Crippen LogP contribution >= 0.6 is 15.9 Å². The number of likely N-dealkylation sites (N-methyl/N-ethyl adjacent to an activating group) is 1. The summed E-state index contributed by atoms with van der Waals surface area (Å²) in [6.07, 6.45) is 0. The van der Waals surface area contributed by atoms with E-state index in [1.54, 1.807) is 19.1 Å². The minimum atomic E-state index is -3.75. The Morgan fingerprint density at radius 2 is 2.12 bits per heavy atom. The molecule has 17 heavy (non-hydrogen) atoms. The molecule has 0 aliphatic heterocycles. The molecule has 1 aromatic rings. The number of hydrogen-bond donors (Lipinski definition) is 1. The van der Waals surface area contributed by atoms with Crippen LogP contribution in [0.4, 0.5) is 0 Å². The molecule has 0 fully saturated rings. The summed E-state index contributed by atoms with van der Waals surface area (Å²) in [5, 5.41) is 8.66. The van der Waals surface area contributed by atoms with Gasteiger partial charge < -0.3 is 5.11 Å². The molecule has 7 heteroatoms. The Balaban J connectivity index is 3.13. The summed E-state index contributed by atoms with van der Waals surface area (Å²) < 4.78 is 25.7. The molecule has 0 amide bonds. The van der Waals surface area contributed by atoms with E-state index in [2.05, 4.69) is 15.9 Å². The van der Waals surface area contributed by atoms with Crippen molar-refractivity contribution in [2.24, 2.45) is 0 Å². The molecule has 0 heterocycles. The molecule has 0 spiro atoms. The van der Waals surface area contributed by atoms with Crippen LogP contribution in [0.5, 0.6) is 0 Å². The third kappa shape index (κ3) is 3.52. The maximum Gasteiger partial charge on any atom is 0.318 e. The van der Waals surface area contributed by atoms with Gasteiger partial charge in [-0.3, -0.25) is 4.79 Å². The zero-order chi connectivity index (χ0) is 13.1. The van der Waals surface area contributed by atoms with E-state index in [1.807, 2.05) is 0 Å². The van der Waals surface area contributed by atoms with Gasteiger partial charge in [-0.15, -0.1) is 0 Å². The Morgan fingerprint density at radius 1 is 1.47 bits per heavy atom. The number of rotatable bonds is 5. The van der Waals surface area contributed by atoms with Gasteiger partial charge in [-0.25, -0.2) is 8.42 Å². The summed E-state index contributed by atoms with van der Waals surface area (Å²) in [6.45, 7) is 1.17. The zero-order valence-electron chi connectivity index (χ0n) is 9.13. The van der Waals surface area contributed by atoms with Gasteiger partial charge in [0.15, 0.2) is 0 Å². The van der Waals surface area contributed by atoms with E-state index in [0.29, 0.717) is 4.47 Å². The van der Waals surface area contributed by atoms with Crippen LogP contribution < -0.4 is 0 Å². The molecule has 0 unspecified atom stereocenters. The molecule has 0 radical (unpaired) electrons. The van der Waals surface area contributed by atoms with E-state index in [9.17, 15) is 13.2 Å². The fourth-order valence-corrected chi connectivity index (χ4v) is 3.29. The van der Waals surface area contributed by atoms with E-state index >= 15 is 0 Å². The Labute approximate surface area is 108 Å². The van der Waals surface area contributed by atoms with Gasteiger partial charge in [-0.1, -0.05) is 28.9 Å². The lowest BCUT2D eigenvalue weighted by Crippen LogP contribution is -2.35. The minimum absolute atomic E-state index is 0.0787. The number of hydrogen-bond acceptors (Lipinski definition) is 3. The summed E-state index contributed by atoms with van der Waals surface area (Å²) >= 11 is 3.18. The lowest BCUT2D eigenvalue weighted by Gasteiger charge is -2.18. The molecule has 5 nitrogen and oxygen atoms in total. The second kappa shape index (κ2) is 5.61. The van der Waals surface area contributed by atoms with Crippen LogP contribution in [0, 0.1) is 0 Å². The molecule has 1 N–H and O–H groups in total. The Hall–Kier alpha value is -0.920. The van der Waals surface area contributed by atoms with Crippen molar-refractivity contribution in [3.05, 3.63) is 28.7 Å². The topological polar surface area (TPSA) is 74.7 Å². The van der Waals surface area contributed by atoms with Gasteiger partial charge in [-0.2, -0.15) is 4.31 Å². The monoisotopic (exact) mass is 321 g/mol. The second-order valence-corrected chi connectivity index (χ2v) is 6.14. The highest BCUT2D eigenvalue weighted by Crippen LogP contribution is 2.19. The van der Waals surface area contributed by atoms with Crippen molar-refractivity contribution in [3.8, 4) is 0 Å². The minimum Gasteiger partial charge on any atom is -0.480 e. The number of carbonyl (C=O) groups is 1. The zero-order valence-corrected chi connectivity index (χ0v) is 11.5. The maximum atomic E-state index is 12.1. The molecule has 94 valence electrons. The molecule has 0 atom stereocenters. The summed E-state index contributed by atoms with van der Waals surface area (Å²) in [6, 6.07) is 6.17. The first-order valence-corrected chi connectivity index (χ1v) is 7.08. The van der Waals surface area contributed by atoms with Crippen molar-refractivity contribution < 1.29 is 18.3 Å². The van der Waals surface area contributed by atoms with Crippen LogP contribution in [0.15, 0.2) is 33.6 Å². The lowest BCUT2D eigenvalue weighted by molar-refractivity contribution is -0.137. The van der Waals surface area contributed by atoms with Gasteiger partial charge in [0.2, 0.25) is 10.0 Å². The van der Waals surface area contributed by atoms with Gasteiger partial charge in [-0.05, 0) is 18.2 Å². The normalized spacial score (nSPS) is 11.7. The van der Waals surface area contributed by atoms with Crippen LogP contribution in [0.1, 0.15) is 6.92 Å². The maximum absolute atomic E-state index is 12.1. The molecule has 1 rings (SSSR count). The summed E-state index contributed by atoms with van der Waals surface area (Å²) in [5.74, 6) is -1.18. The quantitative estimate of drug-likeness (QED) is 0.892. The highest BCUT2D eigenvalue weighted by Gasteiger charge is 2.24. The van der Waals surface area contributed by atoms with E-state index < -0.39 is 22.5 Å². The van der Waals surface area contributed by atoms with Crippen LogP contribution in [-0.4, -0.2) is 36.9 Å². The fraction of sp³-hybridized carbons (Fsp3) is 0.300. The van der Waals surface area contributed by atoms with Gasteiger partial charge in [0.25, 0.3) is 0 Å². The molecule has 0 saturated heterocycles. The molecule has 1 aromatic carbocycles. The summed E-state index contributed by atoms with van der Waals surface area (Å²) in [4.78, 5) is 10.7. The highest BCUT2D eigenvalue weighted by atomic mass is 79.9. The van der Waals surface area contributed by atoms with E-state index in [-0.39, 0.29) is 11.4 Å². The molecular weight excluding hydrogens is 310 g/mol. The Kier molecular flexibility index (Phi) is 4.67. The van der Waals surface area contributed by atoms with Crippen molar-refractivity contribution >= 4 is 31.9 Å². The van der Waals surface area contributed by atoms with Crippen molar-refractivity contribution in [2.45, 2.75) is 11.8 Å². The number of aliphatic carboxylic acids is 1. The number of sulfonamides is 1. The first kappa shape index (κ1) is 14.1. The average Bonchev–Trinajstić information content (AvgIpc) is 2.25. The van der Waals surface area contributed by atoms with Crippen molar-refractivity contribution in [1.29, 1.82) is 0 Å². The number of benzene rings is 1. The number of carboxylic acids is 1. The SMILES string of the molecule is CCN(CC(=O)O)S(=O)(=O)c1cccc(Br)c1. The predicted molar refractivity (Wildman–Crippen MR) is 66.2 cm³/mol. The van der Waals surface area contributed by atoms with Gasteiger partial charge >= 0.3 is 5.97 Å². The Bertz CT molecular complexity index is 515. The third-order valence-electron chi connectivity index (χ3n) is 2.10. The molecule has 0 aliphatic carbocycles. The van der Waals surface area contributed by atoms with Crippen molar-refractivity contribution in [2.75, 3.05) is 13.1 Å². The average molecular weight is 322 g/mol. The lowest BCUT2D eigenvalue weighted by atomic mass is 10.4.